The van der Waals surface area contributed by atoms with Gasteiger partial charge in [-0.3, -0.25) is 10.1 Å². The van der Waals surface area contributed by atoms with E-state index in [2.05, 4.69) is 0 Å². The van der Waals surface area contributed by atoms with Crippen molar-refractivity contribution in [3.63, 3.8) is 0 Å². The fourth-order valence-electron chi connectivity index (χ4n) is 1.69. The van der Waals surface area contributed by atoms with Crippen LogP contribution in [0.4, 0.5) is 4.79 Å². The summed E-state index contributed by atoms with van der Waals surface area (Å²) in [6, 6.07) is 1.68. The van der Waals surface area contributed by atoms with Crippen LogP contribution in [0, 0.1) is 0 Å². The predicted octanol–water partition coefficient (Wildman–Crippen LogP) is 1.88. The molecule has 0 radical (unpaired) electrons. The van der Waals surface area contributed by atoms with Gasteiger partial charge in [0.25, 0.3) is 5.91 Å². The van der Waals surface area contributed by atoms with Crippen molar-refractivity contribution in [3.8, 4) is 11.5 Å². The molecule has 1 aromatic carbocycles. The summed E-state index contributed by atoms with van der Waals surface area (Å²) in [4.78, 5) is 34.3. The molecule has 0 bridgehead atoms. The minimum Gasteiger partial charge on any atom is -0.493 e. The number of methoxy groups -OCH3 is 1. The highest BCUT2D eigenvalue weighted by molar-refractivity contribution is 6.32. The lowest BCUT2D eigenvalue weighted by molar-refractivity contribution is -0.127. The summed E-state index contributed by atoms with van der Waals surface area (Å²) in [6.07, 6.45) is -1.37. The Morgan fingerprint density at radius 3 is 2.33 bits per heavy atom. The smallest absolute Gasteiger partial charge is 0.339 e. The van der Waals surface area contributed by atoms with Crippen molar-refractivity contribution >= 4 is 29.5 Å². The van der Waals surface area contributed by atoms with Crippen LogP contribution < -0.4 is 20.5 Å². The minimum absolute atomic E-state index is 0.0617. The van der Waals surface area contributed by atoms with Gasteiger partial charge in [0.05, 0.1) is 23.8 Å². The summed E-state index contributed by atoms with van der Waals surface area (Å²) in [5.41, 5.74) is 4.89. The molecule has 0 aliphatic carbocycles. The summed E-state index contributed by atoms with van der Waals surface area (Å²) in [7, 11) is 1.40. The van der Waals surface area contributed by atoms with Gasteiger partial charge in [0.15, 0.2) is 17.6 Å². The molecule has 0 heterocycles. The maximum Gasteiger partial charge on any atom is 0.339 e. The number of imide groups is 1. The lowest BCUT2D eigenvalue weighted by atomic mass is 10.2. The van der Waals surface area contributed by atoms with Crippen molar-refractivity contribution in [2.24, 2.45) is 5.73 Å². The zero-order chi connectivity index (χ0) is 18.4. The molecule has 8 nitrogen and oxygen atoms in total. The molecule has 132 valence electrons. The van der Waals surface area contributed by atoms with Crippen LogP contribution in [-0.2, 0) is 9.53 Å². The molecule has 1 rings (SSSR count). The van der Waals surface area contributed by atoms with Gasteiger partial charge in [0.1, 0.15) is 0 Å². The molecule has 0 aliphatic rings. The average Bonchev–Trinajstić information content (AvgIpc) is 2.47. The van der Waals surface area contributed by atoms with Gasteiger partial charge >= 0.3 is 12.0 Å². The standard InChI is InChI=1S/C15H19ClN2O6/c1-7(2)23-12-10(16)5-9(6-11(12)22-4)14(20)24-8(3)13(19)18-15(17)21/h5-8H,1-4H3,(H3,17,18,19,21)/t8-/m1/s1. The molecule has 3 N–H and O–H groups in total. The maximum atomic E-state index is 12.1. The van der Waals surface area contributed by atoms with Gasteiger partial charge in [0, 0.05) is 0 Å². The van der Waals surface area contributed by atoms with Crippen molar-refractivity contribution < 1.29 is 28.6 Å². The zero-order valence-corrected chi connectivity index (χ0v) is 14.5. The van der Waals surface area contributed by atoms with Crippen LogP contribution in [0.15, 0.2) is 12.1 Å². The first-order valence-electron chi connectivity index (χ1n) is 7.01. The fourth-order valence-corrected chi connectivity index (χ4v) is 1.95. The Balaban J connectivity index is 2.97. The molecular formula is C15H19ClN2O6. The molecule has 0 unspecified atom stereocenters. The number of esters is 1. The van der Waals surface area contributed by atoms with Crippen LogP contribution >= 0.6 is 11.6 Å². The van der Waals surface area contributed by atoms with Gasteiger partial charge in [-0.1, -0.05) is 11.6 Å². The van der Waals surface area contributed by atoms with Crippen molar-refractivity contribution in [2.75, 3.05) is 7.11 Å². The van der Waals surface area contributed by atoms with E-state index in [0.29, 0.717) is 5.75 Å². The number of nitrogens with two attached hydrogens (primary N) is 1. The van der Waals surface area contributed by atoms with Crippen LogP contribution in [-0.4, -0.2) is 37.2 Å². The van der Waals surface area contributed by atoms with Crippen LogP contribution in [0.3, 0.4) is 0 Å². The first-order chi connectivity index (χ1) is 11.1. The monoisotopic (exact) mass is 358 g/mol. The topological polar surface area (TPSA) is 117 Å². The van der Waals surface area contributed by atoms with E-state index < -0.39 is 24.0 Å². The van der Waals surface area contributed by atoms with Gasteiger partial charge < -0.3 is 19.9 Å². The third kappa shape index (κ3) is 5.31. The molecule has 0 aliphatic heterocycles. The van der Waals surface area contributed by atoms with E-state index in [1.165, 1.54) is 26.2 Å². The van der Waals surface area contributed by atoms with E-state index in [-0.39, 0.29) is 22.4 Å². The average molecular weight is 359 g/mol. The molecule has 1 atom stereocenters. The van der Waals surface area contributed by atoms with Crippen molar-refractivity contribution in [1.29, 1.82) is 0 Å². The van der Waals surface area contributed by atoms with Crippen LogP contribution in [0.5, 0.6) is 11.5 Å². The molecule has 0 saturated heterocycles. The van der Waals surface area contributed by atoms with Crippen molar-refractivity contribution in [3.05, 3.63) is 22.7 Å². The van der Waals surface area contributed by atoms with E-state index in [9.17, 15) is 14.4 Å². The van der Waals surface area contributed by atoms with E-state index in [1.807, 2.05) is 19.2 Å². The number of rotatable bonds is 6. The number of amides is 3. The summed E-state index contributed by atoms with van der Waals surface area (Å²) >= 11 is 6.12. The highest BCUT2D eigenvalue weighted by Gasteiger charge is 2.22. The van der Waals surface area contributed by atoms with E-state index in [1.54, 1.807) is 0 Å². The molecule has 0 fully saturated rings. The molecule has 9 heteroatoms. The molecule has 1 aromatic rings. The third-order valence-electron chi connectivity index (χ3n) is 2.72. The number of halogens is 1. The van der Waals surface area contributed by atoms with Gasteiger partial charge in [0.2, 0.25) is 0 Å². The maximum absolute atomic E-state index is 12.1. The summed E-state index contributed by atoms with van der Waals surface area (Å²) in [5, 5.41) is 1.97. The van der Waals surface area contributed by atoms with Crippen LogP contribution in [0.2, 0.25) is 5.02 Å². The number of nitrogens with one attached hydrogen (secondary N) is 1. The Bertz CT molecular complexity index is 647. The quantitative estimate of drug-likeness (QED) is 0.750. The lowest BCUT2D eigenvalue weighted by Gasteiger charge is -2.17. The highest BCUT2D eigenvalue weighted by Crippen LogP contribution is 2.37. The molecule has 0 aromatic heterocycles. The van der Waals surface area contributed by atoms with E-state index in [0.717, 1.165) is 0 Å². The van der Waals surface area contributed by atoms with Crippen molar-refractivity contribution in [2.45, 2.75) is 33.0 Å². The van der Waals surface area contributed by atoms with Crippen LogP contribution in [0.25, 0.3) is 0 Å². The van der Waals surface area contributed by atoms with Gasteiger partial charge in [-0.25, -0.2) is 9.59 Å². The summed E-state index contributed by atoms with van der Waals surface area (Å²) < 4.78 is 15.7. The number of hydrogen-bond donors (Lipinski definition) is 2. The molecule has 3 amide bonds. The Labute approximate surface area is 144 Å². The number of primary amides is 1. The summed E-state index contributed by atoms with van der Waals surface area (Å²) in [5.74, 6) is -1.12. The SMILES string of the molecule is COc1cc(C(=O)O[C@H](C)C(=O)NC(N)=O)cc(Cl)c1OC(C)C. The summed E-state index contributed by atoms with van der Waals surface area (Å²) in [6.45, 7) is 4.93. The lowest BCUT2D eigenvalue weighted by Crippen LogP contribution is -2.42. The first-order valence-corrected chi connectivity index (χ1v) is 7.39. The highest BCUT2D eigenvalue weighted by atomic mass is 35.5. The second-order valence-corrected chi connectivity index (χ2v) is 5.46. The molecule has 0 spiro atoms. The minimum atomic E-state index is -1.22. The van der Waals surface area contributed by atoms with Crippen molar-refractivity contribution in [1.82, 2.24) is 5.32 Å². The van der Waals surface area contributed by atoms with Gasteiger partial charge in [-0.2, -0.15) is 0 Å². The second kappa shape index (κ2) is 8.39. The van der Waals surface area contributed by atoms with Crippen LogP contribution in [0.1, 0.15) is 31.1 Å². The molecular weight excluding hydrogens is 340 g/mol. The Morgan fingerprint density at radius 1 is 1.21 bits per heavy atom. The number of benzene rings is 1. The molecule has 24 heavy (non-hydrogen) atoms. The molecule has 0 saturated carbocycles. The number of ether oxygens (including phenoxy) is 3. The first kappa shape index (κ1) is 19.6. The van der Waals surface area contributed by atoms with E-state index in [4.69, 9.17) is 31.5 Å². The normalized spacial score (nSPS) is 11.6. The fraction of sp³-hybridized carbons (Fsp3) is 0.400. The number of hydrogen-bond acceptors (Lipinski definition) is 6. The second-order valence-electron chi connectivity index (χ2n) is 5.06. The van der Waals surface area contributed by atoms with Gasteiger partial charge in [-0.05, 0) is 32.9 Å². The zero-order valence-electron chi connectivity index (χ0n) is 13.7. The Morgan fingerprint density at radius 2 is 1.83 bits per heavy atom. The predicted molar refractivity (Wildman–Crippen MR) is 86.4 cm³/mol. The number of urea groups is 1. The largest absolute Gasteiger partial charge is 0.493 e. The Hall–Kier alpha value is -2.48. The van der Waals surface area contributed by atoms with E-state index >= 15 is 0 Å². The Kier molecular flexibility index (Phi) is 6.84. The third-order valence-corrected chi connectivity index (χ3v) is 3.00. The van der Waals surface area contributed by atoms with Gasteiger partial charge in [-0.15, -0.1) is 0 Å². The number of carbonyl (C=O) groups is 3. The number of carbonyl (C=O) groups excluding carboxylic acids is 3.